The predicted octanol–water partition coefficient (Wildman–Crippen LogP) is 1.50. The maximum atomic E-state index is 11.7. The zero-order valence-electron chi connectivity index (χ0n) is 12.1. The van der Waals surface area contributed by atoms with Gasteiger partial charge in [-0.2, -0.15) is 0 Å². The number of hydrogen-bond acceptors (Lipinski definition) is 3. The van der Waals surface area contributed by atoms with Gasteiger partial charge in [0, 0.05) is 26.4 Å². The van der Waals surface area contributed by atoms with Crippen LogP contribution in [0.1, 0.15) is 33.6 Å². The molecule has 18 heavy (non-hydrogen) atoms. The number of nitrogens with zero attached hydrogens (tertiary/aromatic N) is 1. The van der Waals surface area contributed by atoms with Crippen LogP contribution < -0.4 is 5.32 Å². The highest BCUT2D eigenvalue weighted by molar-refractivity contribution is 7.90. The molecule has 0 aromatic heterocycles. The molecule has 6 heteroatoms. The molecule has 0 heterocycles. The highest BCUT2D eigenvalue weighted by atomic mass is 32.2. The molecule has 0 aromatic rings. The van der Waals surface area contributed by atoms with Gasteiger partial charge < -0.3 is 10.2 Å². The third kappa shape index (κ3) is 8.33. The summed E-state index contributed by atoms with van der Waals surface area (Å²) in [6.07, 6.45) is 2.70. The Morgan fingerprint density at radius 1 is 1.33 bits per heavy atom. The lowest BCUT2D eigenvalue weighted by Gasteiger charge is -2.26. The predicted molar refractivity (Wildman–Crippen MR) is 74.4 cm³/mol. The first-order chi connectivity index (χ1) is 8.07. The van der Waals surface area contributed by atoms with E-state index in [1.54, 1.807) is 11.9 Å². The van der Waals surface area contributed by atoms with Crippen LogP contribution in [0.3, 0.4) is 0 Å². The lowest BCUT2D eigenvalue weighted by Crippen LogP contribution is -2.42. The number of amides is 2. The van der Waals surface area contributed by atoms with E-state index in [1.165, 1.54) is 6.26 Å². The van der Waals surface area contributed by atoms with E-state index in [2.05, 4.69) is 5.32 Å². The topological polar surface area (TPSA) is 66.5 Å². The first-order valence-electron chi connectivity index (χ1n) is 6.24. The second-order valence-electron chi connectivity index (χ2n) is 5.62. The van der Waals surface area contributed by atoms with Gasteiger partial charge in [0.15, 0.2) is 0 Å². The summed E-state index contributed by atoms with van der Waals surface area (Å²) in [6.45, 7) is 7.13. The maximum absolute atomic E-state index is 11.7. The molecule has 5 nitrogen and oxygen atoms in total. The average molecular weight is 278 g/mol. The van der Waals surface area contributed by atoms with E-state index in [0.717, 1.165) is 13.0 Å². The fourth-order valence-corrected chi connectivity index (χ4v) is 2.36. The molecule has 0 aliphatic rings. The second kappa shape index (κ2) is 6.97. The third-order valence-electron chi connectivity index (χ3n) is 2.77. The fourth-order valence-electron chi connectivity index (χ4n) is 1.44. The summed E-state index contributed by atoms with van der Waals surface area (Å²) in [5.41, 5.74) is -0.216. The molecule has 0 saturated carbocycles. The largest absolute Gasteiger partial charge is 0.337 e. The van der Waals surface area contributed by atoms with Crippen molar-refractivity contribution in [2.75, 3.05) is 32.1 Å². The summed E-state index contributed by atoms with van der Waals surface area (Å²) in [4.78, 5) is 13.3. The van der Waals surface area contributed by atoms with Gasteiger partial charge in [-0.05, 0) is 18.3 Å². The van der Waals surface area contributed by atoms with Crippen LogP contribution in [-0.4, -0.2) is 51.5 Å². The number of carbonyl (C=O) groups is 1. The van der Waals surface area contributed by atoms with E-state index in [0.29, 0.717) is 13.0 Å². The van der Waals surface area contributed by atoms with Crippen LogP contribution in [0.4, 0.5) is 4.79 Å². The smallest absolute Gasteiger partial charge is 0.317 e. The molecule has 0 saturated heterocycles. The Kier molecular flexibility index (Phi) is 6.67. The van der Waals surface area contributed by atoms with Gasteiger partial charge in [-0.15, -0.1) is 0 Å². The molecule has 0 aromatic carbocycles. The number of hydrogen-bond donors (Lipinski definition) is 1. The number of rotatable bonds is 7. The van der Waals surface area contributed by atoms with E-state index < -0.39 is 9.84 Å². The monoisotopic (exact) mass is 278 g/mol. The molecule has 0 aliphatic heterocycles. The molecule has 0 spiro atoms. The van der Waals surface area contributed by atoms with Crippen LogP contribution in [0, 0.1) is 5.41 Å². The molecule has 0 rings (SSSR count). The summed E-state index contributed by atoms with van der Waals surface area (Å²) >= 11 is 0. The number of nitrogens with one attached hydrogen (secondary N) is 1. The van der Waals surface area contributed by atoms with Crippen LogP contribution >= 0.6 is 0 Å². The minimum atomic E-state index is -2.94. The summed E-state index contributed by atoms with van der Waals surface area (Å²) in [7, 11) is -1.19. The Balaban J connectivity index is 4.14. The zero-order chi connectivity index (χ0) is 14.4. The third-order valence-corrected chi connectivity index (χ3v) is 3.72. The van der Waals surface area contributed by atoms with Crippen molar-refractivity contribution in [3.63, 3.8) is 0 Å². The second-order valence-corrected chi connectivity index (χ2v) is 7.88. The molecular weight excluding hydrogens is 252 g/mol. The Hall–Kier alpha value is -0.780. The van der Waals surface area contributed by atoms with Crippen LogP contribution in [0.2, 0.25) is 0 Å². The van der Waals surface area contributed by atoms with Crippen molar-refractivity contribution in [2.24, 2.45) is 5.41 Å². The van der Waals surface area contributed by atoms with Gasteiger partial charge >= 0.3 is 6.03 Å². The molecule has 0 fully saturated rings. The average Bonchev–Trinajstić information content (AvgIpc) is 2.23. The number of urea groups is 1. The standard InChI is InChI=1S/C12H26N2O3S/c1-6-8-14(4)11(15)13-10-12(2,3)7-9-18(5,16)17/h6-10H2,1-5H3,(H,13,15). The fraction of sp³-hybridized carbons (Fsp3) is 0.917. The molecule has 0 bridgehead atoms. The molecule has 0 radical (unpaired) electrons. The lowest BCUT2D eigenvalue weighted by atomic mass is 9.90. The SMILES string of the molecule is CCCN(C)C(=O)NCC(C)(C)CCS(C)(=O)=O. The van der Waals surface area contributed by atoms with Crippen LogP contribution in [-0.2, 0) is 9.84 Å². The van der Waals surface area contributed by atoms with E-state index in [1.807, 2.05) is 20.8 Å². The van der Waals surface area contributed by atoms with Crippen molar-refractivity contribution < 1.29 is 13.2 Å². The van der Waals surface area contributed by atoms with Crippen molar-refractivity contribution in [3.8, 4) is 0 Å². The van der Waals surface area contributed by atoms with Crippen LogP contribution in [0.15, 0.2) is 0 Å². The van der Waals surface area contributed by atoms with Gasteiger partial charge in [0.25, 0.3) is 0 Å². The minimum absolute atomic E-state index is 0.107. The Morgan fingerprint density at radius 3 is 2.33 bits per heavy atom. The molecule has 1 N–H and O–H groups in total. The van der Waals surface area contributed by atoms with Crippen molar-refractivity contribution in [1.29, 1.82) is 0 Å². The van der Waals surface area contributed by atoms with E-state index in [9.17, 15) is 13.2 Å². The van der Waals surface area contributed by atoms with Crippen LogP contribution in [0.5, 0.6) is 0 Å². The molecule has 0 unspecified atom stereocenters. The molecule has 2 amide bonds. The van der Waals surface area contributed by atoms with Gasteiger partial charge in [0.05, 0.1) is 5.75 Å². The quantitative estimate of drug-likeness (QED) is 0.767. The molecule has 108 valence electrons. The van der Waals surface area contributed by atoms with Gasteiger partial charge in [0.1, 0.15) is 9.84 Å². The Labute approximate surface area is 111 Å². The summed E-state index contributed by atoms with van der Waals surface area (Å²) in [6, 6.07) is -0.107. The van der Waals surface area contributed by atoms with Gasteiger partial charge in [-0.3, -0.25) is 0 Å². The number of sulfone groups is 1. The Bertz CT molecular complexity index is 364. The Morgan fingerprint density at radius 2 is 1.89 bits per heavy atom. The van der Waals surface area contributed by atoms with Crippen LogP contribution in [0.25, 0.3) is 0 Å². The normalized spacial score (nSPS) is 12.3. The molecule has 0 aliphatic carbocycles. The van der Waals surface area contributed by atoms with Gasteiger partial charge in [-0.1, -0.05) is 20.8 Å². The van der Waals surface area contributed by atoms with E-state index in [-0.39, 0.29) is 17.2 Å². The highest BCUT2D eigenvalue weighted by Crippen LogP contribution is 2.19. The molecular formula is C12H26N2O3S. The lowest BCUT2D eigenvalue weighted by molar-refractivity contribution is 0.202. The van der Waals surface area contributed by atoms with Gasteiger partial charge in [0.2, 0.25) is 0 Å². The first kappa shape index (κ1) is 17.2. The zero-order valence-corrected chi connectivity index (χ0v) is 12.9. The highest BCUT2D eigenvalue weighted by Gasteiger charge is 2.21. The van der Waals surface area contributed by atoms with Gasteiger partial charge in [-0.25, -0.2) is 13.2 Å². The van der Waals surface area contributed by atoms with E-state index in [4.69, 9.17) is 0 Å². The first-order valence-corrected chi connectivity index (χ1v) is 8.30. The minimum Gasteiger partial charge on any atom is -0.337 e. The van der Waals surface area contributed by atoms with Crippen molar-refractivity contribution in [2.45, 2.75) is 33.6 Å². The molecule has 0 atom stereocenters. The number of carbonyl (C=O) groups excluding carboxylic acids is 1. The van der Waals surface area contributed by atoms with Crippen molar-refractivity contribution in [3.05, 3.63) is 0 Å². The summed E-state index contributed by atoms with van der Waals surface area (Å²) in [5.74, 6) is 0.153. The van der Waals surface area contributed by atoms with Crippen molar-refractivity contribution >= 4 is 15.9 Å². The van der Waals surface area contributed by atoms with Crippen molar-refractivity contribution in [1.82, 2.24) is 10.2 Å². The summed E-state index contributed by atoms with van der Waals surface area (Å²) < 4.78 is 22.2. The summed E-state index contributed by atoms with van der Waals surface area (Å²) in [5, 5.41) is 2.84. The van der Waals surface area contributed by atoms with E-state index >= 15 is 0 Å². The maximum Gasteiger partial charge on any atom is 0.317 e.